The summed E-state index contributed by atoms with van der Waals surface area (Å²) in [6.45, 7) is 0. The van der Waals surface area contributed by atoms with Gasteiger partial charge in [-0.15, -0.1) is 0 Å². The minimum Gasteiger partial charge on any atom is -0.378 e. The Morgan fingerprint density at radius 3 is 2.41 bits per heavy atom. The zero-order chi connectivity index (χ0) is 15.5. The number of nitrogens with two attached hydrogens (primary N) is 1. The van der Waals surface area contributed by atoms with Gasteiger partial charge in [-0.25, -0.2) is 15.0 Å². The van der Waals surface area contributed by atoms with Crippen LogP contribution in [-0.2, 0) is 12.8 Å². The van der Waals surface area contributed by atoms with Crippen LogP contribution in [0.25, 0.3) is 11.2 Å². The van der Waals surface area contributed by atoms with Crippen molar-refractivity contribution in [2.75, 3.05) is 24.7 Å². The molecular formula is C16H18N6. The number of rotatable bonds is 4. The van der Waals surface area contributed by atoms with Gasteiger partial charge in [0.05, 0.1) is 5.69 Å². The molecule has 0 saturated carbocycles. The normalized spacial score (nSPS) is 10.8. The Balaban J connectivity index is 1.81. The van der Waals surface area contributed by atoms with Gasteiger partial charge in [0, 0.05) is 32.2 Å². The molecule has 2 N–H and O–H groups in total. The number of fused-ring (bicyclic) bond motifs is 1. The van der Waals surface area contributed by atoms with Crippen LogP contribution < -0.4 is 10.6 Å². The highest BCUT2D eigenvalue weighted by Gasteiger charge is 2.08. The van der Waals surface area contributed by atoms with Gasteiger partial charge < -0.3 is 10.6 Å². The third-order valence-electron chi connectivity index (χ3n) is 3.53. The van der Waals surface area contributed by atoms with E-state index in [-0.39, 0.29) is 5.95 Å². The first-order chi connectivity index (χ1) is 10.6. The summed E-state index contributed by atoms with van der Waals surface area (Å²) in [6, 6.07) is 8.49. The average Bonchev–Trinajstić information content (AvgIpc) is 2.52. The highest BCUT2D eigenvalue weighted by atomic mass is 15.1. The van der Waals surface area contributed by atoms with Crippen LogP contribution in [0.2, 0.25) is 0 Å². The number of aryl methyl sites for hydroxylation is 2. The minimum atomic E-state index is 0.242. The molecule has 0 aliphatic carbocycles. The molecule has 6 heteroatoms. The Morgan fingerprint density at radius 2 is 1.68 bits per heavy atom. The number of hydrogen-bond donors (Lipinski definition) is 1. The Bertz CT molecular complexity index is 782. The monoisotopic (exact) mass is 294 g/mol. The van der Waals surface area contributed by atoms with Crippen molar-refractivity contribution >= 4 is 22.8 Å². The lowest BCUT2D eigenvalue weighted by Crippen LogP contribution is -2.08. The van der Waals surface area contributed by atoms with Crippen molar-refractivity contribution in [1.29, 1.82) is 0 Å². The van der Waals surface area contributed by atoms with Crippen molar-refractivity contribution in [3.05, 3.63) is 47.9 Å². The Hall–Kier alpha value is -2.76. The van der Waals surface area contributed by atoms with Gasteiger partial charge in [0.25, 0.3) is 0 Å². The number of hydrogen-bond acceptors (Lipinski definition) is 6. The molecule has 0 spiro atoms. The molecule has 112 valence electrons. The van der Waals surface area contributed by atoms with E-state index in [0.717, 1.165) is 24.1 Å². The predicted molar refractivity (Wildman–Crippen MR) is 87.7 cm³/mol. The van der Waals surface area contributed by atoms with Gasteiger partial charge in [0.15, 0.2) is 5.65 Å². The molecule has 0 fully saturated rings. The predicted octanol–water partition coefficient (Wildman–Crippen LogP) is 1.85. The average molecular weight is 294 g/mol. The Kier molecular flexibility index (Phi) is 3.82. The summed E-state index contributed by atoms with van der Waals surface area (Å²) >= 11 is 0. The molecule has 0 aliphatic rings. The molecule has 0 amide bonds. The fraction of sp³-hybridized carbons (Fsp3) is 0.250. The van der Waals surface area contributed by atoms with Gasteiger partial charge in [-0.1, -0.05) is 12.1 Å². The second-order valence-electron chi connectivity index (χ2n) is 5.32. The topological polar surface area (TPSA) is 80.8 Å². The van der Waals surface area contributed by atoms with Crippen LogP contribution in [-0.4, -0.2) is 34.0 Å². The largest absolute Gasteiger partial charge is 0.378 e. The van der Waals surface area contributed by atoms with Crippen LogP contribution in [0.1, 0.15) is 11.3 Å². The molecular weight excluding hydrogens is 276 g/mol. The SMILES string of the molecule is CN(C)c1ccc(CCc2nc(N)nc3nccnc23)cc1. The molecule has 2 aromatic heterocycles. The molecule has 0 bridgehead atoms. The molecule has 3 rings (SSSR count). The maximum Gasteiger partial charge on any atom is 0.222 e. The third-order valence-corrected chi connectivity index (χ3v) is 3.53. The second-order valence-corrected chi connectivity index (χ2v) is 5.32. The highest BCUT2D eigenvalue weighted by molar-refractivity contribution is 5.73. The summed E-state index contributed by atoms with van der Waals surface area (Å²) in [5.41, 5.74) is 10.3. The summed E-state index contributed by atoms with van der Waals surface area (Å²) in [5, 5.41) is 0. The molecule has 0 unspecified atom stereocenters. The van der Waals surface area contributed by atoms with E-state index in [4.69, 9.17) is 5.73 Å². The van der Waals surface area contributed by atoms with Crippen LogP contribution in [0.15, 0.2) is 36.7 Å². The molecule has 6 nitrogen and oxygen atoms in total. The molecule has 1 aromatic carbocycles. The van der Waals surface area contributed by atoms with Crippen molar-refractivity contribution in [2.24, 2.45) is 0 Å². The molecule has 2 heterocycles. The van der Waals surface area contributed by atoms with E-state index in [2.05, 4.69) is 49.1 Å². The Labute approximate surface area is 129 Å². The van der Waals surface area contributed by atoms with Crippen molar-refractivity contribution < 1.29 is 0 Å². The lowest BCUT2D eigenvalue weighted by molar-refractivity contribution is 0.912. The quantitative estimate of drug-likeness (QED) is 0.791. The maximum atomic E-state index is 5.75. The molecule has 0 saturated heterocycles. The second kappa shape index (κ2) is 5.93. The van der Waals surface area contributed by atoms with Crippen LogP contribution >= 0.6 is 0 Å². The molecule has 0 aliphatic heterocycles. The van der Waals surface area contributed by atoms with Crippen LogP contribution in [0, 0.1) is 0 Å². The molecule has 22 heavy (non-hydrogen) atoms. The molecule has 3 aromatic rings. The van der Waals surface area contributed by atoms with E-state index >= 15 is 0 Å². The van der Waals surface area contributed by atoms with Crippen molar-refractivity contribution in [3.63, 3.8) is 0 Å². The fourth-order valence-corrected chi connectivity index (χ4v) is 2.34. The highest BCUT2D eigenvalue weighted by Crippen LogP contribution is 2.16. The van der Waals surface area contributed by atoms with Gasteiger partial charge in [0.2, 0.25) is 5.95 Å². The zero-order valence-corrected chi connectivity index (χ0v) is 12.7. The fourth-order valence-electron chi connectivity index (χ4n) is 2.34. The van der Waals surface area contributed by atoms with E-state index < -0.39 is 0 Å². The standard InChI is InChI=1S/C16H18N6/c1-22(2)12-6-3-11(4-7-12)5-8-13-14-15(19-10-9-18-14)21-16(17)20-13/h3-4,6-7,9-10H,5,8H2,1-2H3,(H2,17,19,20,21). The third kappa shape index (κ3) is 2.95. The van der Waals surface area contributed by atoms with E-state index in [0.29, 0.717) is 5.65 Å². The van der Waals surface area contributed by atoms with Crippen LogP contribution in [0.3, 0.4) is 0 Å². The molecule has 0 radical (unpaired) electrons. The summed E-state index contributed by atoms with van der Waals surface area (Å²) in [6.07, 6.45) is 4.88. The summed E-state index contributed by atoms with van der Waals surface area (Å²) in [5.74, 6) is 0.242. The van der Waals surface area contributed by atoms with Gasteiger partial charge in [-0.3, -0.25) is 0 Å². The number of aromatic nitrogens is 4. The maximum absolute atomic E-state index is 5.75. The Morgan fingerprint density at radius 1 is 0.955 bits per heavy atom. The molecule has 0 atom stereocenters. The van der Waals surface area contributed by atoms with E-state index in [1.807, 2.05) is 14.1 Å². The van der Waals surface area contributed by atoms with Crippen molar-refractivity contribution in [1.82, 2.24) is 19.9 Å². The smallest absolute Gasteiger partial charge is 0.222 e. The van der Waals surface area contributed by atoms with Gasteiger partial charge in [-0.2, -0.15) is 4.98 Å². The van der Waals surface area contributed by atoms with Crippen molar-refractivity contribution in [2.45, 2.75) is 12.8 Å². The number of nitrogens with zero attached hydrogens (tertiary/aromatic N) is 5. The first-order valence-electron chi connectivity index (χ1n) is 7.13. The minimum absolute atomic E-state index is 0.242. The lowest BCUT2D eigenvalue weighted by atomic mass is 10.1. The van der Waals surface area contributed by atoms with Gasteiger partial charge >= 0.3 is 0 Å². The number of nitrogen functional groups attached to an aromatic ring is 1. The van der Waals surface area contributed by atoms with Crippen molar-refractivity contribution in [3.8, 4) is 0 Å². The van der Waals surface area contributed by atoms with Crippen LogP contribution in [0.5, 0.6) is 0 Å². The number of benzene rings is 1. The lowest BCUT2D eigenvalue weighted by Gasteiger charge is -2.12. The zero-order valence-electron chi connectivity index (χ0n) is 12.7. The summed E-state index contributed by atoms with van der Waals surface area (Å²) in [7, 11) is 4.06. The van der Waals surface area contributed by atoms with Gasteiger partial charge in [0.1, 0.15) is 5.52 Å². The summed E-state index contributed by atoms with van der Waals surface area (Å²) in [4.78, 5) is 19.0. The summed E-state index contributed by atoms with van der Waals surface area (Å²) < 4.78 is 0. The van der Waals surface area contributed by atoms with E-state index in [1.165, 1.54) is 11.3 Å². The van der Waals surface area contributed by atoms with E-state index in [1.54, 1.807) is 12.4 Å². The van der Waals surface area contributed by atoms with Crippen LogP contribution in [0.4, 0.5) is 11.6 Å². The van der Waals surface area contributed by atoms with Gasteiger partial charge in [-0.05, 0) is 30.5 Å². The number of anilines is 2. The first-order valence-corrected chi connectivity index (χ1v) is 7.13. The first kappa shape index (κ1) is 14.2. The van der Waals surface area contributed by atoms with E-state index in [9.17, 15) is 0 Å².